The number of anilines is 1. The van der Waals surface area contributed by atoms with E-state index in [0.29, 0.717) is 16.1 Å². The van der Waals surface area contributed by atoms with Crippen LogP contribution in [0, 0.1) is 20.8 Å². The van der Waals surface area contributed by atoms with E-state index in [4.69, 9.17) is 0 Å². The van der Waals surface area contributed by atoms with Gasteiger partial charge < -0.3 is 5.32 Å². The Morgan fingerprint density at radius 1 is 1.17 bits per heavy atom. The standard InChI is InChI=1S/C23H27N3O2S/c1-6-17(5)26-22(28)18-9-7-8-10-19(18)24-23(26)29-13-20(27)25-21-15(3)11-14(2)12-16(21)4/h7-12,17H,6,13H2,1-5H3,(H,25,27)/t17-/m1/s1. The maximum absolute atomic E-state index is 13.0. The summed E-state index contributed by atoms with van der Waals surface area (Å²) >= 11 is 1.30. The highest BCUT2D eigenvalue weighted by Crippen LogP contribution is 2.25. The molecule has 152 valence electrons. The number of thioether (sulfide) groups is 1. The molecule has 5 nitrogen and oxygen atoms in total. The number of rotatable bonds is 6. The van der Waals surface area contributed by atoms with E-state index in [9.17, 15) is 9.59 Å². The Morgan fingerprint density at radius 2 is 1.83 bits per heavy atom. The first-order valence-electron chi connectivity index (χ1n) is 9.83. The van der Waals surface area contributed by atoms with E-state index in [1.54, 1.807) is 10.6 Å². The van der Waals surface area contributed by atoms with E-state index in [-0.39, 0.29) is 23.3 Å². The lowest BCUT2D eigenvalue weighted by molar-refractivity contribution is -0.113. The fraction of sp³-hybridized carbons (Fsp3) is 0.348. The van der Waals surface area contributed by atoms with Crippen LogP contribution in [-0.2, 0) is 4.79 Å². The van der Waals surface area contributed by atoms with Crippen LogP contribution >= 0.6 is 11.8 Å². The molecular formula is C23H27N3O2S. The largest absolute Gasteiger partial charge is 0.325 e. The molecule has 2 aromatic carbocycles. The van der Waals surface area contributed by atoms with Crippen LogP contribution < -0.4 is 10.9 Å². The molecule has 3 aromatic rings. The fourth-order valence-electron chi connectivity index (χ4n) is 3.48. The summed E-state index contributed by atoms with van der Waals surface area (Å²) in [6, 6.07) is 11.5. The van der Waals surface area contributed by atoms with Gasteiger partial charge in [0.1, 0.15) is 0 Å². The van der Waals surface area contributed by atoms with Crippen molar-refractivity contribution in [2.45, 2.75) is 52.2 Å². The summed E-state index contributed by atoms with van der Waals surface area (Å²) in [5.41, 5.74) is 4.71. The van der Waals surface area contributed by atoms with Gasteiger partial charge >= 0.3 is 0 Å². The van der Waals surface area contributed by atoms with Crippen molar-refractivity contribution in [3.05, 3.63) is 63.4 Å². The fourth-order valence-corrected chi connectivity index (χ4v) is 4.38. The number of aromatic nitrogens is 2. The number of aryl methyl sites for hydroxylation is 3. The molecule has 0 radical (unpaired) electrons. The van der Waals surface area contributed by atoms with Crippen LogP contribution in [-0.4, -0.2) is 21.2 Å². The molecule has 29 heavy (non-hydrogen) atoms. The Hall–Kier alpha value is -2.60. The average Bonchev–Trinajstić information content (AvgIpc) is 2.68. The highest BCUT2D eigenvalue weighted by Gasteiger charge is 2.17. The summed E-state index contributed by atoms with van der Waals surface area (Å²) < 4.78 is 1.71. The number of benzene rings is 2. The van der Waals surface area contributed by atoms with Crippen LogP contribution in [0.5, 0.6) is 0 Å². The number of para-hydroxylation sites is 1. The monoisotopic (exact) mass is 409 g/mol. The predicted molar refractivity (Wildman–Crippen MR) is 121 cm³/mol. The number of nitrogens with zero attached hydrogens (tertiary/aromatic N) is 2. The van der Waals surface area contributed by atoms with Crippen molar-refractivity contribution in [1.82, 2.24) is 9.55 Å². The molecule has 0 fully saturated rings. The molecular weight excluding hydrogens is 382 g/mol. The highest BCUT2D eigenvalue weighted by molar-refractivity contribution is 7.99. The van der Waals surface area contributed by atoms with Gasteiger partial charge in [0, 0.05) is 11.7 Å². The molecule has 0 aliphatic rings. The predicted octanol–water partition coefficient (Wildman–Crippen LogP) is 5.02. The first-order chi connectivity index (χ1) is 13.8. The van der Waals surface area contributed by atoms with Crippen LogP contribution in [0.4, 0.5) is 5.69 Å². The summed E-state index contributed by atoms with van der Waals surface area (Å²) in [5.74, 6) is 0.0803. The number of hydrogen-bond acceptors (Lipinski definition) is 4. The lowest BCUT2D eigenvalue weighted by Gasteiger charge is -2.18. The second-order valence-corrected chi connectivity index (χ2v) is 8.40. The van der Waals surface area contributed by atoms with E-state index in [0.717, 1.165) is 23.2 Å². The molecule has 0 aliphatic carbocycles. The van der Waals surface area contributed by atoms with Gasteiger partial charge in [-0.25, -0.2) is 4.98 Å². The molecule has 0 aliphatic heterocycles. The number of hydrogen-bond donors (Lipinski definition) is 1. The number of amides is 1. The van der Waals surface area contributed by atoms with Crippen molar-refractivity contribution >= 4 is 34.3 Å². The van der Waals surface area contributed by atoms with E-state index < -0.39 is 0 Å². The van der Waals surface area contributed by atoms with Gasteiger partial charge in [-0.2, -0.15) is 0 Å². The zero-order chi connectivity index (χ0) is 21.1. The summed E-state index contributed by atoms with van der Waals surface area (Å²) in [5, 5.41) is 4.20. The zero-order valence-corrected chi connectivity index (χ0v) is 18.4. The topological polar surface area (TPSA) is 64.0 Å². The quantitative estimate of drug-likeness (QED) is 0.458. The Morgan fingerprint density at radius 3 is 2.48 bits per heavy atom. The van der Waals surface area contributed by atoms with E-state index in [1.165, 1.54) is 17.3 Å². The summed E-state index contributed by atoms with van der Waals surface area (Å²) in [6.07, 6.45) is 0.807. The Kier molecular flexibility index (Phi) is 6.42. The lowest BCUT2D eigenvalue weighted by atomic mass is 10.1. The van der Waals surface area contributed by atoms with Gasteiger partial charge in [-0.05, 0) is 57.4 Å². The third kappa shape index (κ3) is 4.53. The van der Waals surface area contributed by atoms with Crippen molar-refractivity contribution in [2.75, 3.05) is 11.1 Å². The maximum atomic E-state index is 13.0. The van der Waals surface area contributed by atoms with Gasteiger partial charge in [0.15, 0.2) is 5.16 Å². The normalized spacial score (nSPS) is 12.2. The Balaban J connectivity index is 1.86. The minimum atomic E-state index is -0.108. The molecule has 0 unspecified atom stereocenters. The third-order valence-corrected chi connectivity index (χ3v) is 6.03. The number of fused-ring (bicyclic) bond motifs is 1. The smallest absolute Gasteiger partial charge is 0.262 e. The third-order valence-electron chi connectivity index (χ3n) is 5.08. The van der Waals surface area contributed by atoms with Crippen LogP contribution in [0.25, 0.3) is 10.9 Å². The maximum Gasteiger partial charge on any atom is 0.262 e. The Bertz CT molecular complexity index is 1100. The van der Waals surface area contributed by atoms with E-state index in [1.807, 2.05) is 52.8 Å². The number of carbonyl (C=O) groups excluding carboxylic acids is 1. The van der Waals surface area contributed by atoms with Gasteiger partial charge in [-0.1, -0.05) is 48.5 Å². The lowest BCUT2D eigenvalue weighted by Crippen LogP contribution is -2.26. The second-order valence-electron chi connectivity index (χ2n) is 7.45. The minimum Gasteiger partial charge on any atom is -0.325 e. The second kappa shape index (κ2) is 8.82. The molecule has 0 saturated carbocycles. The molecule has 6 heteroatoms. The minimum absolute atomic E-state index is 0.00625. The molecule has 1 N–H and O–H groups in total. The molecule has 1 aromatic heterocycles. The molecule has 1 amide bonds. The van der Waals surface area contributed by atoms with Crippen molar-refractivity contribution in [3.63, 3.8) is 0 Å². The first kappa shape index (κ1) is 21.1. The average molecular weight is 410 g/mol. The molecule has 1 heterocycles. The summed E-state index contributed by atoms with van der Waals surface area (Å²) in [7, 11) is 0. The van der Waals surface area contributed by atoms with Crippen molar-refractivity contribution in [3.8, 4) is 0 Å². The highest BCUT2D eigenvalue weighted by atomic mass is 32.2. The first-order valence-corrected chi connectivity index (χ1v) is 10.8. The van der Waals surface area contributed by atoms with Crippen molar-refractivity contribution < 1.29 is 4.79 Å². The van der Waals surface area contributed by atoms with Crippen molar-refractivity contribution in [1.29, 1.82) is 0 Å². The molecule has 0 bridgehead atoms. The molecule has 0 spiro atoms. The zero-order valence-electron chi connectivity index (χ0n) is 17.6. The summed E-state index contributed by atoms with van der Waals surface area (Å²) in [6.45, 7) is 10.1. The molecule has 0 saturated heterocycles. The molecule has 3 rings (SSSR count). The summed E-state index contributed by atoms with van der Waals surface area (Å²) in [4.78, 5) is 30.3. The van der Waals surface area contributed by atoms with Gasteiger partial charge in [0.05, 0.1) is 16.7 Å². The number of carbonyl (C=O) groups is 1. The SMILES string of the molecule is CC[C@@H](C)n1c(SCC(=O)Nc2c(C)cc(C)cc2C)nc2ccccc2c1=O. The van der Waals surface area contributed by atoms with Gasteiger partial charge in [-0.15, -0.1) is 0 Å². The van der Waals surface area contributed by atoms with Gasteiger partial charge in [-0.3, -0.25) is 14.2 Å². The van der Waals surface area contributed by atoms with Gasteiger partial charge in [0.25, 0.3) is 5.56 Å². The number of nitrogens with one attached hydrogen (secondary N) is 1. The van der Waals surface area contributed by atoms with Crippen LogP contribution in [0.15, 0.2) is 46.3 Å². The molecule has 1 atom stereocenters. The van der Waals surface area contributed by atoms with Gasteiger partial charge in [0.2, 0.25) is 5.91 Å². The van der Waals surface area contributed by atoms with E-state index >= 15 is 0 Å². The Labute approximate surface area is 175 Å². The van der Waals surface area contributed by atoms with Crippen LogP contribution in [0.2, 0.25) is 0 Å². The van der Waals surface area contributed by atoms with Crippen LogP contribution in [0.3, 0.4) is 0 Å². The van der Waals surface area contributed by atoms with E-state index in [2.05, 4.69) is 22.4 Å². The van der Waals surface area contributed by atoms with Crippen LogP contribution in [0.1, 0.15) is 43.0 Å². The van der Waals surface area contributed by atoms with Crippen molar-refractivity contribution in [2.24, 2.45) is 0 Å².